The third kappa shape index (κ3) is 4.57. The maximum Gasteiger partial charge on any atom is 0.255 e. The van der Waals surface area contributed by atoms with E-state index in [0.717, 1.165) is 24.0 Å². The van der Waals surface area contributed by atoms with Gasteiger partial charge in [0.15, 0.2) is 0 Å². The lowest BCUT2D eigenvalue weighted by molar-refractivity contribution is -0.142. The number of hydrogen-bond donors (Lipinski definition) is 0. The van der Waals surface area contributed by atoms with Crippen LogP contribution < -0.4 is 0 Å². The van der Waals surface area contributed by atoms with Crippen LogP contribution in [0.5, 0.6) is 0 Å². The smallest absolute Gasteiger partial charge is 0.255 e. The van der Waals surface area contributed by atoms with Gasteiger partial charge in [0.1, 0.15) is 0 Å². The predicted molar refractivity (Wildman–Crippen MR) is 126 cm³/mol. The topological polar surface area (TPSA) is 53.5 Å². The number of pyridine rings is 1. The summed E-state index contributed by atoms with van der Waals surface area (Å²) in [7, 11) is 3.59. The van der Waals surface area contributed by atoms with Crippen LogP contribution >= 0.6 is 0 Å². The number of carbonyl (C=O) groups excluding carboxylic acids is 2. The minimum absolute atomic E-state index is 0.0619. The molecule has 1 aliphatic rings. The summed E-state index contributed by atoms with van der Waals surface area (Å²) in [5, 5.41) is 0. The molecule has 5 heteroatoms. The molecule has 0 radical (unpaired) electrons. The number of hydrogen-bond acceptors (Lipinski definition) is 3. The molecule has 0 bridgehead atoms. The van der Waals surface area contributed by atoms with Crippen molar-refractivity contribution in [3.8, 4) is 11.1 Å². The van der Waals surface area contributed by atoms with Gasteiger partial charge in [-0.05, 0) is 48.1 Å². The van der Waals surface area contributed by atoms with Crippen LogP contribution in [0.1, 0.15) is 28.8 Å². The summed E-state index contributed by atoms with van der Waals surface area (Å²) in [4.78, 5) is 34.0. The SMILES string of the molecule is CN(C)C(=O)C1(Cc2ccc(-c3ccccc3)cc2)CCCN(C(=O)c2cccnc2)C1. The third-order valence-electron chi connectivity index (χ3n) is 6.24. The van der Waals surface area contributed by atoms with Crippen LogP contribution in [0.3, 0.4) is 0 Å². The fraction of sp³-hybridized carbons (Fsp3) is 0.296. The molecular formula is C27H29N3O2. The van der Waals surface area contributed by atoms with Crippen LogP contribution in [0.25, 0.3) is 11.1 Å². The van der Waals surface area contributed by atoms with Crippen LogP contribution in [-0.4, -0.2) is 53.8 Å². The lowest BCUT2D eigenvalue weighted by Gasteiger charge is -2.43. The molecule has 5 nitrogen and oxygen atoms in total. The number of rotatable bonds is 5. The Balaban J connectivity index is 1.59. The average Bonchev–Trinajstić information content (AvgIpc) is 2.84. The molecule has 0 saturated carbocycles. The quantitative estimate of drug-likeness (QED) is 0.610. The molecule has 1 aromatic heterocycles. The Labute approximate surface area is 189 Å². The fourth-order valence-electron chi connectivity index (χ4n) is 4.68. The van der Waals surface area contributed by atoms with E-state index in [0.29, 0.717) is 25.1 Å². The molecule has 2 aromatic carbocycles. The predicted octanol–water partition coefficient (Wildman–Crippen LogP) is 4.30. The fourth-order valence-corrected chi connectivity index (χ4v) is 4.68. The Morgan fingerprint density at radius 2 is 1.69 bits per heavy atom. The molecule has 1 saturated heterocycles. The zero-order chi connectivity index (χ0) is 22.6. The summed E-state index contributed by atoms with van der Waals surface area (Å²) < 4.78 is 0. The molecule has 2 heterocycles. The molecule has 1 atom stereocenters. The Hall–Kier alpha value is -3.47. The van der Waals surface area contributed by atoms with Crippen molar-refractivity contribution >= 4 is 11.8 Å². The van der Waals surface area contributed by atoms with E-state index in [1.165, 1.54) is 5.56 Å². The Morgan fingerprint density at radius 1 is 0.969 bits per heavy atom. The Bertz CT molecular complexity index is 1070. The van der Waals surface area contributed by atoms with Crippen molar-refractivity contribution in [2.45, 2.75) is 19.3 Å². The van der Waals surface area contributed by atoms with Crippen molar-refractivity contribution in [3.05, 3.63) is 90.3 Å². The monoisotopic (exact) mass is 427 g/mol. The van der Waals surface area contributed by atoms with Gasteiger partial charge < -0.3 is 9.80 Å². The largest absolute Gasteiger partial charge is 0.348 e. The molecule has 1 fully saturated rings. The third-order valence-corrected chi connectivity index (χ3v) is 6.24. The second-order valence-electron chi connectivity index (χ2n) is 8.79. The Morgan fingerprint density at radius 3 is 2.34 bits per heavy atom. The highest BCUT2D eigenvalue weighted by Crippen LogP contribution is 2.36. The molecule has 164 valence electrons. The molecule has 3 aromatic rings. The van der Waals surface area contributed by atoms with Gasteiger partial charge in [-0.1, -0.05) is 54.6 Å². The molecule has 4 rings (SSSR count). The summed E-state index contributed by atoms with van der Waals surface area (Å²) in [6.07, 6.45) is 5.42. The second kappa shape index (κ2) is 9.35. The first-order valence-electron chi connectivity index (χ1n) is 11.0. The van der Waals surface area contributed by atoms with E-state index in [2.05, 4.69) is 41.4 Å². The zero-order valence-corrected chi connectivity index (χ0v) is 18.7. The number of likely N-dealkylation sites (tertiary alicyclic amines) is 1. The Kier molecular flexibility index (Phi) is 6.35. The van der Waals surface area contributed by atoms with Gasteiger partial charge >= 0.3 is 0 Å². The van der Waals surface area contributed by atoms with Crippen LogP contribution in [0.15, 0.2) is 79.1 Å². The second-order valence-corrected chi connectivity index (χ2v) is 8.79. The van der Waals surface area contributed by atoms with E-state index in [1.54, 1.807) is 43.5 Å². The van der Waals surface area contributed by atoms with Gasteiger partial charge in [0.05, 0.1) is 11.0 Å². The highest BCUT2D eigenvalue weighted by atomic mass is 16.2. The first kappa shape index (κ1) is 21.8. The molecule has 1 aliphatic heterocycles. The van der Waals surface area contributed by atoms with E-state index < -0.39 is 5.41 Å². The van der Waals surface area contributed by atoms with Crippen molar-refractivity contribution in [2.75, 3.05) is 27.2 Å². The van der Waals surface area contributed by atoms with E-state index in [-0.39, 0.29) is 11.8 Å². The summed E-state index contributed by atoms with van der Waals surface area (Å²) in [5.41, 5.74) is 3.36. The van der Waals surface area contributed by atoms with Gasteiger partial charge in [-0.15, -0.1) is 0 Å². The molecule has 1 unspecified atom stereocenters. The molecule has 0 N–H and O–H groups in total. The number of nitrogens with zero attached hydrogens (tertiary/aromatic N) is 3. The molecule has 2 amide bonds. The maximum atomic E-state index is 13.4. The average molecular weight is 428 g/mol. The number of piperidine rings is 1. The van der Waals surface area contributed by atoms with Crippen LogP contribution in [-0.2, 0) is 11.2 Å². The minimum Gasteiger partial charge on any atom is -0.348 e. The number of carbonyl (C=O) groups is 2. The van der Waals surface area contributed by atoms with Crippen molar-refractivity contribution in [2.24, 2.45) is 5.41 Å². The van der Waals surface area contributed by atoms with Crippen molar-refractivity contribution in [3.63, 3.8) is 0 Å². The van der Waals surface area contributed by atoms with Gasteiger partial charge in [0.25, 0.3) is 5.91 Å². The van der Waals surface area contributed by atoms with Crippen LogP contribution in [0.4, 0.5) is 0 Å². The molecule has 0 aliphatic carbocycles. The summed E-state index contributed by atoms with van der Waals surface area (Å²) in [5.74, 6) is 0.0153. The van der Waals surface area contributed by atoms with Crippen LogP contribution in [0, 0.1) is 5.41 Å². The van der Waals surface area contributed by atoms with Gasteiger partial charge in [-0.3, -0.25) is 14.6 Å². The van der Waals surface area contributed by atoms with Crippen LogP contribution in [0.2, 0.25) is 0 Å². The molecule has 32 heavy (non-hydrogen) atoms. The standard InChI is InChI=1S/C27H29N3O2/c1-29(2)26(32)27(15-7-17-30(20-27)25(31)24-10-6-16-28-19-24)18-21-11-13-23(14-12-21)22-8-4-3-5-9-22/h3-6,8-14,16,19H,7,15,17-18,20H2,1-2H3. The molecule has 0 spiro atoms. The number of aromatic nitrogens is 1. The summed E-state index contributed by atoms with van der Waals surface area (Å²) >= 11 is 0. The zero-order valence-electron chi connectivity index (χ0n) is 18.7. The lowest BCUT2D eigenvalue weighted by Crippen LogP contribution is -2.54. The highest BCUT2D eigenvalue weighted by molar-refractivity contribution is 5.94. The first-order valence-corrected chi connectivity index (χ1v) is 11.0. The number of benzene rings is 2. The van der Waals surface area contributed by atoms with E-state index in [9.17, 15) is 9.59 Å². The first-order chi connectivity index (χ1) is 15.5. The van der Waals surface area contributed by atoms with E-state index in [4.69, 9.17) is 0 Å². The lowest BCUT2D eigenvalue weighted by atomic mass is 9.73. The van der Waals surface area contributed by atoms with Gasteiger partial charge in [0, 0.05) is 39.6 Å². The highest BCUT2D eigenvalue weighted by Gasteiger charge is 2.44. The normalized spacial score (nSPS) is 18.2. The van der Waals surface area contributed by atoms with Gasteiger partial charge in [0.2, 0.25) is 5.91 Å². The van der Waals surface area contributed by atoms with E-state index >= 15 is 0 Å². The summed E-state index contributed by atoms with van der Waals surface area (Å²) in [6.45, 7) is 1.07. The van der Waals surface area contributed by atoms with E-state index in [1.807, 2.05) is 23.1 Å². The maximum absolute atomic E-state index is 13.4. The molecular weight excluding hydrogens is 398 g/mol. The summed E-state index contributed by atoms with van der Waals surface area (Å²) in [6, 6.07) is 22.2. The van der Waals surface area contributed by atoms with Gasteiger partial charge in [-0.2, -0.15) is 0 Å². The minimum atomic E-state index is -0.631. The number of amides is 2. The van der Waals surface area contributed by atoms with Crippen molar-refractivity contribution in [1.29, 1.82) is 0 Å². The van der Waals surface area contributed by atoms with Crippen molar-refractivity contribution in [1.82, 2.24) is 14.8 Å². The van der Waals surface area contributed by atoms with Crippen molar-refractivity contribution < 1.29 is 9.59 Å². The van der Waals surface area contributed by atoms with Gasteiger partial charge in [-0.25, -0.2) is 0 Å².